The van der Waals surface area contributed by atoms with Crippen molar-refractivity contribution in [1.82, 2.24) is 4.90 Å². The monoisotopic (exact) mass is 249 g/mol. The molecule has 0 aliphatic carbocycles. The number of benzene rings is 1. The van der Waals surface area contributed by atoms with Crippen molar-refractivity contribution in [3.8, 4) is 0 Å². The molecule has 0 N–H and O–H groups in total. The van der Waals surface area contributed by atoms with Crippen LogP contribution in [0.1, 0.15) is 23.7 Å². The molecule has 92 valence electrons. The highest BCUT2D eigenvalue weighted by Gasteiger charge is 2.19. The molecule has 0 radical (unpaired) electrons. The molecule has 1 heterocycles. The third-order valence-electron chi connectivity index (χ3n) is 3.23. The van der Waals surface area contributed by atoms with Crippen LogP contribution >= 0.6 is 11.8 Å². The molecule has 17 heavy (non-hydrogen) atoms. The molecule has 1 fully saturated rings. The Morgan fingerprint density at radius 1 is 1.41 bits per heavy atom. The number of Topliss-reactive ketones (excluding diaryl/α,β-unsaturated/α-hetero) is 1. The lowest BCUT2D eigenvalue weighted by atomic mass is 10.1. The summed E-state index contributed by atoms with van der Waals surface area (Å²) in [5, 5.41) is 0. The normalized spacial score (nSPS) is 21.4. The van der Waals surface area contributed by atoms with E-state index in [1.807, 2.05) is 42.1 Å². The fraction of sp³-hybridized carbons (Fsp3) is 0.500. The molecule has 2 nitrogen and oxygen atoms in total. The standard InChI is InChI=1S/C14H19NOS/c1-12-11-17-10-9-15(12)8-7-14(16)13-5-3-2-4-6-13/h2-6,12H,7-11H2,1H3. The van der Waals surface area contributed by atoms with E-state index in [4.69, 9.17) is 0 Å². The molecule has 2 rings (SSSR count). The predicted molar refractivity (Wildman–Crippen MR) is 73.7 cm³/mol. The van der Waals surface area contributed by atoms with Gasteiger partial charge in [0.1, 0.15) is 0 Å². The summed E-state index contributed by atoms with van der Waals surface area (Å²) in [6.07, 6.45) is 0.638. The molecular weight excluding hydrogens is 230 g/mol. The van der Waals surface area contributed by atoms with E-state index in [0.717, 1.165) is 18.7 Å². The second-order valence-corrected chi connectivity index (χ2v) is 5.65. The topological polar surface area (TPSA) is 20.3 Å². The summed E-state index contributed by atoms with van der Waals surface area (Å²) in [6.45, 7) is 4.27. The zero-order chi connectivity index (χ0) is 12.1. The summed E-state index contributed by atoms with van der Waals surface area (Å²) in [6, 6.07) is 10.2. The Bertz CT molecular complexity index is 366. The minimum Gasteiger partial charge on any atom is -0.299 e. The Kier molecular flexibility index (Phi) is 4.63. The molecule has 1 unspecified atom stereocenters. The summed E-state index contributed by atoms with van der Waals surface area (Å²) in [4.78, 5) is 14.4. The van der Waals surface area contributed by atoms with E-state index in [2.05, 4.69) is 11.8 Å². The number of carbonyl (C=O) groups excluding carboxylic acids is 1. The van der Waals surface area contributed by atoms with E-state index in [1.165, 1.54) is 11.5 Å². The van der Waals surface area contributed by atoms with E-state index in [9.17, 15) is 4.79 Å². The maximum absolute atomic E-state index is 12.0. The molecule has 0 amide bonds. The second kappa shape index (κ2) is 6.22. The molecule has 0 saturated carbocycles. The fourth-order valence-corrected chi connectivity index (χ4v) is 3.19. The molecular formula is C14H19NOS. The first kappa shape index (κ1) is 12.7. The fourth-order valence-electron chi connectivity index (χ4n) is 2.11. The Labute approximate surface area is 107 Å². The first-order valence-electron chi connectivity index (χ1n) is 6.17. The molecule has 1 aliphatic heterocycles. The van der Waals surface area contributed by atoms with Gasteiger partial charge in [-0.05, 0) is 6.92 Å². The van der Waals surface area contributed by atoms with Crippen LogP contribution in [0.15, 0.2) is 30.3 Å². The van der Waals surface area contributed by atoms with Crippen LogP contribution in [0.25, 0.3) is 0 Å². The molecule has 1 aromatic rings. The third kappa shape index (κ3) is 3.58. The number of hydrogen-bond acceptors (Lipinski definition) is 3. The lowest BCUT2D eigenvalue weighted by Gasteiger charge is -2.32. The average molecular weight is 249 g/mol. The maximum atomic E-state index is 12.0. The SMILES string of the molecule is CC1CSCCN1CCC(=O)c1ccccc1. The Balaban J connectivity index is 1.84. The summed E-state index contributed by atoms with van der Waals surface area (Å²) < 4.78 is 0. The van der Waals surface area contributed by atoms with E-state index in [0.29, 0.717) is 12.5 Å². The summed E-state index contributed by atoms with van der Waals surface area (Å²) >= 11 is 2.01. The van der Waals surface area contributed by atoms with Gasteiger partial charge in [0.15, 0.2) is 5.78 Å². The van der Waals surface area contributed by atoms with Gasteiger partial charge in [-0.1, -0.05) is 30.3 Å². The van der Waals surface area contributed by atoms with Crippen molar-refractivity contribution in [3.05, 3.63) is 35.9 Å². The van der Waals surface area contributed by atoms with Gasteiger partial charge in [0.05, 0.1) is 0 Å². The largest absolute Gasteiger partial charge is 0.299 e. The minimum atomic E-state index is 0.260. The molecule has 1 aromatic carbocycles. The molecule has 1 atom stereocenters. The highest BCUT2D eigenvalue weighted by molar-refractivity contribution is 7.99. The van der Waals surface area contributed by atoms with Gasteiger partial charge in [-0.3, -0.25) is 9.69 Å². The molecule has 1 aliphatic rings. The van der Waals surface area contributed by atoms with Crippen LogP contribution in [0.2, 0.25) is 0 Å². The van der Waals surface area contributed by atoms with Gasteiger partial charge in [-0.25, -0.2) is 0 Å². The van der Waals surface area contributed by atoms with Gasteiger partial charge in [0.25, 0.3) is 0 Å². The van der Waals surface area contributed by atoms with Gasteiger partial charge in [-0.15, -0.1) is 0 Å². The minimum absolute atomic E-state index is 0.260. The van der Waals surface area contributed by atoms with Crippen LogP contribution in [-0.4, -0.2) is 41.3 Å². The van der Waals surface area contributed by atoms with E-state index in [1.54, 1.807) is 0 Å². The predicted octanol–water partition coefficient (Wildman–Crippen LogP) is 2.70. The third-order valence-corrected chi connectivity index (χ3v) is 4.42. The van der Waals surface area contributed by atoms with Crippen molar-refractivity contribution >= 4 is 17.5 Å². The van der Waals surface area contributed by atoms with Gasteiger partial charge in [0, 0.05) is 42.6 Å². The number of thioether (sulfide) groups is 1. The van der Waals surface area contributed by atoms with Crippen molar-refractivity contribution in [3.63, 3.8) is 0 Å². The zero-order valence-electron chi connectivity index (χ0n) is 10.3. The first-order chi connectivity index (χ1) is 8.27. The van der Waals surface area contributed by atoms with Crippen molar-refractivity contribution in [2.75, 3.05) is 24.6 Å². The molecule has 0 spiro atoms. The van der Waals surface area contributed by atoms with Crippen LogP contribution < -0.4 is 0 Å². The van der Waals surface area contributed by atoms with E-state index in [-0.39, 0.29) is 5.78 Å². The molecule has 1 saturated heterocycles. The number of rotatable bonds is 4. The molecule has 0 bridgehead atoms. The summed E-state index contributed by atoms with van der Waals surface area (Å²) in [7, 11) is 0. The molecule has 0 aromatic heterocycles. The molecule has 3 heteroatoms. The highest BCUT2D eigenvalue weighted by Crippen LogP contribution is 2.16. The first-order valence-corrected chi connectivity index (χ1v) is 7.33. The number of nitrogens with zero attached hydrogens (tertiary/aromatic N) is 1. The Morgan fingerprint density at radius 2 is 2.18 bits per heavy atom. The number of carbonyl (C=O) groups is 1. The summed E-state index contributed by atoms with van der Waals surface area (Å²) in [5.74, 6) is 2.65. The zero-order valence-corrected chi connectivity index (χ0v) is 11.1. The second-order valence-electron chi connectivity index (χ2n) is 4.50. The lowest BCUT2D eigenvalue weighted by molar-refractivity contribution is 0.0957. The van der Waals surface area contributed by atoms with Gasteiger partial charge >= 0.3 is 0 Å². The average Bonchev–Trinajstić information content (AvgIpc) is 2.38. The Hall–Kier alpha value is -0.800. The highest BCUT2D eigenvalue weighted by atomic mass is 32.2. The van der Waals surface area contributed by atoms with E-state index >= 15 is 0 Å². The smallest absolute Gasteiger partial charge is 0.164 e. The van der Waals surface area contributed by atoms with Crippen molar-refractivity contribution in [2.24, 2.45) is 0 Å². The maximum Gasteiger partial charge on any atom is 0.164 e. The lowest BCUT2D eigenvalue weighted by Crippen LogP contribution is -2.41. The van der Waals surface area contributed by atoms with Gasteiger partial charge in [-0.2, -0.15) is 11.8 Å². The summed E-state index contributed by atoms with van der Waals surface area (Å²) in [5.41, 5.74) is 0.839. The van der Waals surface area contributed by atoms with Crippen molar-refractivity contribution in [2.45, 2.75) is 19.4 Å². The van der Waals surface area contributed by atoms with Crippen LogP contribution in [0.3, 0.4) is 0 Å². The van der Waals surface area contributed by atoms with Crippen LogP contribution in [0.5, 0.6) is 0 Å². The quantitative estimate of drug-likeness (QED) is 0.765. The van der Waals surface area contributed by atoms with Crippen LogP contribution in [0, 0.1) is 0 Å². The Morgan fingerprint density at radius 3 is 2.88 bits per heavy atom. The van der Waals surface area contributed by atoms with Crippen molar-refractivity contribution in [1.29, 1.82) is 0 Å². The number of ketones is 1. The van der Waals surface area contributed by atoms with Crippen LogP contribution in [-0.2, 0) is 0 Å². The number of hydrogen-bond donors (Lipinski definition) is 0. The van der Waals surface area contributed by atoms with Crippen molar-refractivity contribution < 1.29 is 4.79 Å². The van der Waals surface area contributed by atoms with Crippen LogP contribution in [0.4, 0.5) is 0 Å². The van der Waals surface area contributed by atoms with Gasteiger partial charge < -0.3 is 0 Å². The van der Waals surface area contributed by atoms with Gasteiger partial charge in [0.2, 0.25) is 0 Å². The van der Waals surface area contributed by atoms with E-state index < -0.39 is 0 Å².